The van der Waals surface area contributed by atoms with E-state index >= 15 is 0 Å². The second kappa shape index (κ2) is 7.34. The van der Waals surface area contributed by atoms with Crippen molar-refractivity contribution in [2.45, 2.75) is 18.9 Å². The molecular weight excluding hydrogens is 350 g/mol. The Labute approximate surface area is 149 Å². The van der Waals surface area contributed by atoms with E-state index in [9.17, 15) is 14.8 Å². The van der Waals surface area contributed by atoms with Crippen LogP contribution < -0.4 is 20.8 Å². The lowest BCUT2D eigenvalue weighted by atomic mass is 10.1. The number of piperidine rings is 1. The van der Waals surface area contributed by atoms with Crippen molar-refractivity contribution in [1.82, 2.24) is 15.6 Å². The first kappa shape index (κ1) is 17.6. The number of carbonyl (C=O) groups excluding carboxylic acids is 1. The van der Waals surface area contributed by atoms with Crippen molar-refractivity contribution in [1.29, 1.82) is 0 Å². The zero-order valence-electron chi connectivity index (χ0n) is 13.4. The molecule has 10 heteroatoms. The van der Waals surface area contributed by atoms with Gasteiger partial charge in [-0.1, -0.05) is 11.6 Å². The smallest absolute Gasteiger partial charge is 0.404 e. The molecule has 1 aromatic rings. The van der Waals surface area contributed by atoms with Gasteiger partial charge in [0.05, 0.1) is 11.4 Å². The van der Waals surface area contributed by atoms with Crippen LogP contribution in [-0.4, -0.2) is 54.4 Å². The van der Waals surface area contributed by atoms with E-state index in [2.05, 4.69) is 15.6 Å². The first-order chi connectivity index (χ1) is 11.9. The molecule has 1 fully saturated rings. The molecule has 1 aromatic carbocycles. The fourth-order valence-corrected chi connectivity index (χ4v) is 3.31. The molecule has 0 spiro atoms. The van der Waals surface area contributed by atoms with Gasteiger partial charge in [-0.15, -0.1) is 0 Å². The van der Waals surface area contributed by atoms with E-state index in [4.69, 9.17) is 16.7 Å². The van der Waals surface area contributed by atoms with Gasteiger partial charge in [-0.2, -0.15) is 0 Å². The third kappa shape index (κ3) is 4.06. The number of hydrogen-bond donors (Lipinski definition) is 3. The number of hydrazine groups is 1. The van der Waals surface area contributed by atoms with E-state index in [1.165, 1.54) is 4.90 Å². The summed E-state index contributed by atoms with van der Waals surface area (Å²) >= 11 is 6.00. The number of benzene rings is 1. The molecule has 3 amide bonds. The molecule has 0 aliphatic carbocycles. The maximum atomic E-state index is 12.2. The second-order valence-electron chi connectivity index (χ2n) is 6.06. The summed E-state index contributed by atoms with van der Waals surface area (Å²) in [5.41, 5.74) is 3.07. The number of urea groups is 1. The highest BCUT2D eigenvalue weighted by Gasteiger charge is 2.27. The van der Waals surface area contributed by atoms with Crippen LogP contribution in [0.1, 0.15) is 12.8 Å². The summed E-state index contributed by atoms with van der Waals surface area (Å²) in [6, 6.07) is 4.25. The molecule has 0 atom stereocenters. The summed E-state index contributed by atoms with van der Waals surface area (Å²) in [6.45, 7) is 2.52. The second-order valence-corrected chi connectivity index (χ2v) is 6.50. The number of amides is 3. The Hall–Kier alpha value is -2.23. The fraction of sp³-hybridized carbons (Fsp3) is 0.467. The predicted octanol–water partition coefficient (Wildman–Crippen LogP) is 1.82. The Balaban J connectivity index is 1.60. The van der Waals surface area contributed by atoms with Crippen LogP contribution in [0, 0.1) is 5.21 Å². The third-order valence-corrected chi connectivity index (χ3v) is 4.68. The standard InChI is InChI=1S/C15H19ClN5O4/c16-10-1-2-12-13(9-10)20(14(22)18-21(12)25)8-7-19-5-3-11(4-6-19)17-15(23)24/h1-2,9,11,17H,3-8H2,(H,18,22)(H,23,24)/q-1. The van der Waals surface area contributed by atoms with Crippen LogP contribution in [0.25, 0.3) is 0 Å². The van der Waals surface area contributed by atoms with Gasteiger partial charge in [0, 0.05) is 37.2 Å². The van der Waals surface area contributed by atoms with Crippen LogP contribution in [0.15, 0.2) is 18.2 Å². The number of halogens is 1. The van der Waals surface area contributed by atoms with Gasteiger partial charge in [-0.3, -0.25) is 10.3 Å². The van der Waals surface area contributed by atoms with Crippen molar-refractivity contribution in [3.8, 4) is 0 Å². The lowest BCUT2D eigenvalue weighted by Gasteiger charge is -2.42. The number of hydrogen-bond acceptors (Lipinski definition) is 5. The summed E-state index contributed by atoms with van der Waals surface area (Å²) in [4.78, 5) is 26.5. The largest absolute Gasteiger partial charge is 0.739 e. The van der Waals surface area contributed by atoms with Crippen LogP contribution in [0.5, 0.6) is 0 Å². The SMILES string of the molecule is O=C(O)NC1CCN(CCN2C(=O)NN([O-])c3ccc(Cl)cc32)CC1. The molecule has 0 saturated carbocycles. The van der Waals surface area contributed by atoms with Crippen LogP contribution >= 0.6 is 11.6 Å². The van der Waals surface area contributed by atoms with Crippen molar-refractivity contribution in [3.63, 3.8) is 0 Å². The van der Waals surface area contributed by atoms with Gasteiger partial charge in [0.1, 0.15) is 0 Å². The Morgan fingerprint density at radius 3 is 2.72 bits per heavy atom. The van der Waals surface area contributed by atoms with Crippen LogP contribution in [0.4, 0.5) is 21.0 Å². The molecule has 3 N–H and O–H groups in total. The van der Waals surface area contributed by atoms with Gasteiger partial charge in [0.15, 0.2) is 0 Å². The lowest BCUT2D eigenvalue weighted by molar-refractivity contribution is 0.169. The molecule has 0 bridgehead atoms. The maximum Gasteiger partial charge on any atom is 0.404 e. The zero-order chi connectivity index (χ0) is 18.0. The summed E-state index contributed by atoms with van der Waals surface area (Å²) in [5, 5.41) is 24.0. The van der Waals surface area contributed by atoms with Gasteiger partial charge >= 0.3 is 12.1 Å². The number of nitrogens with zero attached hydrogens (tertiary/aromatic N) is 3. The molecule has 0 radical (unpaired) electrons. The summed E-state index contributed by atoms with van der Waals surface area (Å²) in [5.74, 6) is 0. The van der Waals surface area contributed by atoms with Gasteiger partial charge in [0.2, 0.25) is 0 Å². The highest BCUT2D eigenvalue weighted by atomic mass is 35.5. The van der Waals surface area contributed by atoms with Gasteiger partial charge in [0.25, 0.3) is 0 Å². The topological polar surface area (TPSA) is 111 Å². The molecule has 2 aliphatic heterocycles. The number of anilines is 2. The molecule has 1 saturated heterocycles. The Morgan fingerprint density at radius 2 is 2.04 bits per heavy atom. The number of nitrogens with one attached hydrogen (secondary N) is 2. The third-order valence-electron chi connectivity index (χ3n) is 4.44. The Morgan fingerprint density at radius 1 is 1.32 bits per heavy atom. The molecule has 9 nitrogen and oxygen atoms in total. The van der Waals surface area contributed by atoms with Gasteiger partial charge in [-0.25, -0.2) is 9.59 Å². The highest BCUT2D eigenvalue weighted by Crippen LogP contribution is 2.34. The van der Waals surface area contributed by atoms with E-state index in [-0.39, 0.29) is 6.04 Å². The Kier molecular flexibility index (Phi) is 5.16. The van der Waals surface area contributed by atoms with E-state index in [1.807, 2.05) is 0 Å². The summed E-state index contributed by atoms with van der Waals surface area (Å²) in [6.07, 6.45) is 0.462. The molecule has 3 rings (SSSR count). The monoisotopic (exact) mass is 368 g/mol. The molecule has 2 heterocycles. The van der Waals surface area contributed by atoms with Crippen molar-refractivity contribution in [3.05, 3.63) is 28.4 Å². The van der Waals surface area contributed by atoms with Crippen LogP contribution in [-0.2, 0) is 0 Å². The fourth-order valence-electron chi connectivity index (χ4n) is 3.14. The number of rotatable bonds is 4. The molecule has 136 valence electrons. The zero-order valence-corrected chi connectivity index (χ0v) is 14.2. The Bertz CT molecular complexity index is 665. The highest BCUT2D eigenvalue weighted by molar-refractivity contribution is 6.31. The average Bonchev–Trinajstić information content (AvgIpc) is 2.55. The molecular formula is C15H19ClN5O4-. The van der Waals surface area contributed by atoms with Crippen molar-refractivity contribution < 1.29 is 14.7 Å². The normalized spacial score (nSPS) is 18.7. The van der Waals surface area contributed by atoms with Crippen molar-refractivity contribution >= 4 is 35.1 Å². The van der Waals surface area contributed by atoms with Gasteiger partial charge < -0.3 is 25.7 Å². The van der Waals surface area contributed by atoms with E-state index in [0.29, 0.717) is 34.7 Å². The van der Waals surface area contributed by atoms with E-state index in [0.717, 1.165) is 25.9 Å². The summed E-state index contributed by atoms with van der Waals surface area (Å²) in [7, 11) is 0. The number of carbonyl (C=O) groups is 2. The maximum absolute atomic E-state index is 12.2. The molecule has 0 aromatic heterocycles. The first-order valence-corrected chi connectivity index (χ1v) is 8.38. The van der Waals surface area contributed by atoms with Gasteiger partial charge in [-0.05, 0) is 31.0 Å². The minimum atomic E-state index is -1.00. The number of fused-ring (bicyclic) bond motifs is 1. The first-order valence-electron chi connectivity index (χ1n) is 8.01. The molecule has 0 unspecified atom stereocenters. The molecule has 25 heavy (non-hydrogen) atoms. The van der Waals surface area contributed by atoms with Crippen LogP contribution in [0.2, 0.25) is 5.02 Å². The van der Waals surface area contributed by atoms with E-state index < -0.39 is 12.1 Å². The lowest BCUT2D eigenvalue weighted by Crippen LogP contribution is -2.54. The van der Waals surface area contributed by atoms with Crippen LogP contribution in [0.3, 0.4) is 0 Å². The van der Waals surface area contributed by atoms with Crippen molar-refractivity contribution in [2.24, 2.45) is 0 Å². The quantitative estimate of drug-likeness (QED) is 0.747. The molecule has 2 aliphatic rings. The average molecular weight is 369 g/mol. The van der Waals surface area contributed by atoms with Crippen molar-refractivity contribution in [2.75, 3.05) is 36.3 Å². The number of likely N-dealkylation sites (tertiary alicyclic amines) is 1. The number of carboxylic acid groups (broad SMARTS) is 1. The van der Waals surface area contributed by atoms with E-state index in [1.54, 1.807) is 18.2 Å². The predicted molar refractivity (Wildman–Crippen MR) is 93.8 cm³/mol. The summed E-state index contributed by atoms with van der Waals surface area (Å²) < 4.78 is 0. The minimum absolute atomic E-state index is 0.0272. The minimum Gasteiger partial charge on any atom is -0.739 e.